The number of rotatable bonds is 6. The Morgan fingerprint density at radius 2 is 1.93 bits per heavy atom. The zero-order chi connectivity index (χ0) is 11.1. The van der Waals surface area contributed by atoms with Crippen molar-refractivity contribution in [2.24, 2.45) is 5.92 Å². The summed E-state index contributed by atoms with van der Waals surface area (Å²) < 4.78 is 0. The minimum Gasteiger partial charge on any atom is -0.480 e. The maximum atomic E-state index is 11.4. The third-order valence-corrected chi connectivity index (χ3v) is 2.25. The summed E-state index contributed by atoms with van der Waals surface area (Å²) in [6.45, 7) is 5.59. The van der Waals surface area contributed by atoms with Gasteiger partial charge in [-0.25, -0.2) is 4.79 Å². The molecule has 14 heavy (non-hydrogen) atoms. The van der Waals surface area contributed by atoms with Gasteiger partial charge in [-0.1, -0.05) is 27.2 Å². The number of amides is 1. The van der Waals surface area contributed by atoms with Gasteiger partial charge in [0, 0.05) is 5.92 Å². The smallest absolute Gasteiger partial charge is 0.326 e. The Morgan fingerprint density at radius 1 is 1.36 bits per heavy atom. The molecule has 0 rings (SSSR count). The van der Waals surface area contributed by atoms with Gasteiger partial charge in [0.05, 0.1) is 0 Å². The summed E-state index contributed by atoms with van der Waals surface area (Å²) in [4.78, 5) is 22.1. The normalized spacial score (nSPS) is 14.5. The second kappa shape index (κ2) is 6.40. The molecule has 0 aliphatic carbocycles. The molecule has 2 N–H and O–H groups in total. The van der Waals surface area contributed by atoms with Crippen LogP contribution in [0.15, 0.2) is 0 Å². The summed E-state index contributed by atoms with van der Waals surface area (Å²) in [6.07, 6.45) is 1.96. The molecule has 0 saturated heterocycles. The Bertz CT molecular complexity index is 204. The van der Waals surface area contributed by atoms with Crippen LogP contribution in [0.2, 0.25) is 0 Å². The minimum absolute atomic E-state index is 0.117. The highest BCUT2D eigenvalue weighted by Gasteiger charge is 2.20. The molecular formula is C10H19NO3. The van der Waals surface area contributed by atoms with Crippen LogP contribution in [0.5, 0.6) is 0 Å². The van der Waals surface area contributed by atoms with Gasteiger partial charge in [0.2, 0.25) is 5.91 Å². The van der Waals surface area contributed by atoms with Gasteiger partial charge < -0.3 is 10.4 Å². The van der Waals surface area contributed by atoms with Crippen LogP contribution < -0.4 is 5.32 Å². The summed E-state index contributed by atoms with van der Waals surface area (Å²) in [5, 5.41) is 11.3. The van der Waals surface area contributed by atoms with Crippen molar-refractivity contribution in [3.8, 4) is 0 Å². The summed E-state index contributed by atoms with van der Waals surface area (Å²) in [5.41, 5.74) is 0. The average molecular weight is 201 g/mol. The Kier molecular flexibility index (Phi) is 5.92. The lowest BCUT2D eigenvalue weighted by molar-refractivity contribution is -0.142. The maximum Gasteiger partial charge on any atom is 0.326 e. The molecule has 1 unspecified atom stereocenters. The predicted octanol–water partition coefficient (Wildman–Crippen LogP) is 1.40. The molecule has 4 nitrogen and oxygen atoms in total. The van der Waals surface area contributed by atoms with Crippen LogP contribution in [0.4, 0.5) is 0 Å². The number of carbonyl (C=O) groups excluding carboxylic acids is 1. The van der Waals surface area contributed by atoms with E-state index in [0.717, 1.165) is 12.8 Å². The van der Waals surface area contributed by atoms with E-state index in [4.69, 9.17) is 5.11 Å². The third kappa shape index (κ3) is 4.25. The molecule has 82 valence electrons. The van der Waals surface area contributed by atoms with E-state index in [-0.39, 0.29) is 11.8 Å². The first-order valence-corrected chi connectivity index (χ1v) is 5.06. The number of carbonyl (C=O) groups is 2. The monoisotopic (exact) mass is 201 g/mol. The molecule has 0 aromatic carbocycles. The number of aliphatic carboxylic acids is 1. The van der Waals surface area contributed by atoms with E-state index in [1.165, 1.54) is 0 Å². The topological polar surface area (TPSA) is 66.4 Å². The first kappa shape index (κ1) is 12.9. The van der Waals surface area contributed by atoms with Crippen LogP contribution in [0.3, 0.4) is 0 Å². The molecule has 0 aromatic rings. The van der Waals surface area contributed by atoms with E-state index in [0.29, 0.717) is 6.42 Å². The number of hydrogen-bond acceptors (Lipinski definition) is 2. The molecule has 0 aliphatic heterocycles. The Morgan fingerprint density at radius 3 is 2.29 bits per heavy atom. The van der Waals surface area contributed by atoms with Crippen LogP contribution in [-0.2, 0) is 9.59 Å². The van der Waals surface area contributed by atoms with Gasteiger partial charge in [-0.05, 0) is 12.8 Å². The zero-order valence-electron chi connectivity index (χ0n) is 9.04. The Hall–Kier alpha value is -1.06. The molecule has 0 heterocycles. The van der Waals surface area contributed by atoms with Crippen LogP contribution in [-0.4, -0.2) is 23.0 Å². The van der Waals surface area contributed by atoms with Crippen molar-refractivity contribution in [1.82, 2.24) is 5.32 Å². The summed E-state index contributed by atoms with van der Waals surface area (Å²) in [7, 11) is 0. The van der Waals surface area contributed by atoms with Crippen molar-refractivity contribution in [2.75, 3.05) is 0 Å². The first-order chi connectivity index (χ1) is 6.52. The van der Waals surface area contributed by atoms with Gasteiger partial charge in [0.1, 0.15) is 6.04 Å². The second-order valence-electron chi connectivity index (χ2n) is 3.50. The molecule has 1 amide bonds. The van der Waals surface area contributed by atoms with E-state index in [9.17, 15) is 9.59 Å². The fraction of sp³-hybridized carbons (Fsp3) is 0.800. The lowest BCUT2D eigenvalue weighted by Crippen LogP contribution is -2.42. The number of carboxylic acids is 1. The van der Waals surface area contributed by atoms with E-state index in [2.05, 4.69) is 5.32 Å². The molecule has 0 spiro atoms. The van der Waals surface area contributed by atoms with Gasteiger partial charge >= 0.3 is 5.97 Å². The molecule has 0 saturated carbocycles. The molecule has 0 fully saturated rings. The molecular weight excluding hydrogens is 182 g/mol. The highest BCUT2D eigenvalue weighted by molar-refractivity contribution is 5.84. The van der Waals surface area contributed by atoms with Crippen LogP contribution in [0, 0.1) is 5.92 Å². The highest BCUT2D eigenvalue weighted by atomic mass is 16.4. The van der Waals surface area contributed by atoms with Crippen LogP contribution in [0.25, 0.3) is 0 Å². The molecule has 0 aliphatic rings. The Labute approximate surface area is 84.7 Å². The standard InChI is InChI=1S/C10H19NO3/c1-4-6-8(10(13)14)11-9(12)7(3)5-2/h7-8H,4-6H2,1-3H3,(H,11,12)(H,13,14)/t7?,8-/m1/s1. The lowest BCUT2D eigenvalue weighted by Gasteiger charge is -2.16. The Balaban J connectivity index is 4.15. The summed E-state index contributed by atoms with van der Waals surface area (Å²) in [6, 6.07) is -0.735. The van der Waals surface area contributed by atoms with Crippen molar-refractivity contribution in [3.05, 3.63) is 0 Å². The molecule has 0 aromatic heterocycles. The van der Waals surface area contributed by atoms with E-state index in [1.807, 2.05) is 13.8 Å². The number of hydrogen-bond donors (Lipinski definition) is 2. The van der Waals surface area contributed by atoms with Crippen LogP contribution in [0.1, 0.15) is 40.0 Å². The molecule has 0 radical (unpaired) electrons. The molecule has 0 bridgehead atoms. The van der Waals surface area contributed by atoms with E-state index < -0.39 is 12.0 Å². The summed E-state index contributed by atoms with van der Waals surface area (Å²) in [5.74, 6) is -1.24. The molecule has 2 atom stereocenters. The summed E-state index contributed by atoms with van der Waals surface area (Å²) >= 11 is 0. The van der Waals surface area contributed by atoms with Crippen LogP contribution >= 0.6 is 0 Å². The number of nitrogens with one attached hydrogen (secondary N) is 1. The second-order valence-corrected chi connectivity index (χ2v) is 3.50. The lowest BCUT2D eigenvalue weighted by atomic mass is 10.1. The fourth-order valence-electron chi connectivity index (χ4n) is 1.05. The first-order valence-electron chi connectivity index (χ1n) is 5.06. The van der Waals surface area contributed by atoms with Crippen molar-refractivity contribution >= 4 is 11.9 Å². The fourth-order valence-corrected chi connectivity index (χ4v) is 1.05. The van der Waals surface area contributed by atoms with Crippen molar-refractivity contribution in [1.29, 1.82) is 0 Å². The highest BCUT2D eigenvalue weighted by Crippen LogP contribution is 2.03. The van der Waals surface area contributed by atoms with E-state index in [1.54, 1.807) is 6.92 Å². The van der Waals surface area contributed by atoms with Crippen molar-refractivity contribution in [2.45, 2.75) is 46.1 Å². The van der Waals surface area contributed by atoms with Gasteiger partial charge in [0.15, 0.2) is 0 Å². The van der Waals surface area contributed by atoms with Gasteiger partial charge in [0.25, 0.3) is 0 Å². The van der Waals surface area contributed by atoms with Crippen molar-refractivity contribution < 1.29 is 14.7 Å². The quantitative estimate of drug-likeness (QED) is 0.682. The van der Waals surface area contributed by atoms with Gasteiger partial charge in [-0.2, -0.15) is 0 Å². The number of carboxylic acid groups (broad SMARTS) is 1. The third-order valence-electron chi connectivity index (χ3n) is 2.25. The molecule has 4 heteroatoms. The van der Waals surface area contributed by atoms with Gasteiger partial charge in [-0.15, -0.1) is 0 Å². The largest absolute Gasteiger partial charge is 0.480 e. The maximum absolute atomic E-state index is 11.4. The minimum atomic E-state index is -0.955. The zero-order valence-corrected chi connectivity index (χ0v) is 9.04. The predicted molar refractivity (Wildman–Crippen MR) is 53.9 cm³/mol. The van der Waals surface area contributed by atoms with Crippen molar-refractivity contribution in [3.63, 3.8) is 0 Å². The SMILES string of the molecule is CCC[C@@H](NC(=O)C(C)CC)C(=O)O. The van der Waals surface area contributed by atoms with Gasteiger partial charge in [-0.3, -0.25) is 4.79 Å². The van der Waals surface area contributed by atoms with E-state index >= 15 is 0 Å². The average Bonchev–Trinajstić information content (AvgIpc) is 2.15.